The zero-order valence-electron chi connectivity index (χ0n) is 11.9. The number of hydrogen-bond donors (Lipinski definition) is 1. The number of nitrogens with zero attached hydrogens (tertiary/aromatic N) is 2. The molecule has 1 aromatic carbocycles. The largest absolute Gasteiger partial charge is 0.481 e. The van der Waals surface area contributed by atoms with Gasteiger partial charge in [-0.1, -0.05) is 17.8 Å². The van der Waals surface area contributed by atoms with Crippen molar-refractivity contribution in [2.45, 2.75) is 31.0 Å². The van der Waals surface area contributed by atoms with Crippen LogP contribution in [0.1, 0.15) is 24.4 Å². The highest BCUT2D eigenvalue weighted by Crippen LogP contribution is 2.34. The minimum atomic E-state index is -0.798. The highest BCUT2D eigenvalue weighted by Gasteiger charge is 2.22. The highest BCUT2D eigenvalue weighted by molar-refractivity contribution is 8.00. The van der Waals surface area contributed by atoms with Crippen molar-refractivity contribution in [1.29, 1.82) is 0 Å². The summed E-state index contributed by atoms with van der Waals surface area (Å²) < 4.78 is 2.27. The average molecular weight is 322 g/mol. The Hall–Kier alpha value is -1.14. The zero-order valence-corrected chi connectivity index (χ0v) is 13.5. The minimum Gasteiger partial charge on any atom is -0.481 e. The van der Waals surface area contributed by atoms with E-state index in [2.05, 4.69) is 28.6 Å². The van der Waals surface area contributed by atoms with Crippen molar-refractivity contribution in [2.24, 2.45) is 0 Å². The van der Waals surface area contributed by atoms with E-state index in [0.29, 0.717) is 6.04 Å². The molecular weight excluding hydrogens is 304 g/mol. The Morgan fingerprint density at radius 2 is 2.43 bits per heavy atom. The van der Waals surface area contributed by atoms with Crippen molar-refractivity contribution >= 4 is 40.5 Å². The van der Waals surface area contributed by atoms with Crippen LogP contribution in [0.25, 0.3) is 11.0 Å². The predicted octanol–water partition coefficient (Wildman–Crippen LogP) is 3.59. The van der Waals surface area contributed by atoms with E-state index in [4.69, 9.17) is 5.11 Å². The standard InChI is InChI=1S/C15H18N2O2S2/c1-10-4-5-12-13(7-10)17(11-3-2-6-20-8-11)15(16-12)21-9-14(18)19/h4-5,7,11H,2-3,6,8-9H2,1H3,(H,18,19). The molecule has 6 heteroatoms. The van der Waals surface area contributed by atoms with Crippen LogP contribution >= 0.6 is 23.5 Å². The molecule has 1 fully saturated rings. The lowest BCUT2D eigenvalue weighted by molar-refractivity contribution is -0.133. The first-order valence-electron chi connectivity index (χ1n) is 7.06. The van der Waals surface area contributed by atoms with Gasteiger partial charge in [0.1, 0.15) is 0 Å². The third kappa shape index (κ3) is 3.21. The maximum Gasteiger partial charge on any atom is 0.313 e. The molecule has 2 aromatic rings. The van der Waals surface area contributed by atoms with Crippen LogP contribution in [-0.2, 0) is 4.79 Å². The normalized spacial score (nSPS) is 19.0. The third-order valence-electron chi connectivity index (χ3n) is 3.64. The van der Waals surface area contributed by atoms with Gasteiger partial charge < -0.3 is 9.67 Å². The van der Waals surface area contributed by atoms with Gasteiger partial charge in [0, 0.05) is 11.8 Å². The van der Waals surface area contributed by atoms with Gasteiger partial charge >= 0.3 is 5.97 Å². The van der Waals surface area contributed by atoms with Crippen molar-refractivity contribution in [3.05, 3.63) is 23.8 Å². The third-order valence-corrected chi connectivity index (χ3v) is 5.77. The maximum absolute atomic E-state index is 10.9. The van der Waals surface area contributed by atoms with E-state index < -0.39 is 5.97 Å². The number of rotatable bonds is 4. The van der Waals surface area contributed by atoms with Crippen LogP contribution in [0.4, 0.5) is 0 Å². The van der Waals surface area contributed by atoms with E-state index in [9.17, 15) is 4.79 Å². The van der Waals surface area contributed by atoms with Crippen LogP contribution in [0, 0.1) is 6.92 Å². The molecule has 0 radical (unpaired) electrons. The molecule has 1 aliphatic heterocycles. The number of carbonyl (C=O) groups is 1. The highest BCUT2D eigenvalue weighted by atomic mass is 32.2. The molecule has 21 heavy (non-hydrogen) atoms. The lowest BCUT2D eigenvalue weighted by Crippen LogP contribution is -2.17. The zero-order chi connectivity index (χ0) is 14.8. The Morgan fingerprint density at radius 1 is 1.57 bits per heavy atom. The van der Waals surface area contributed by atoms with Crippen LogP contribution in [0.3, 0.4) is 0 Å². The fourth-order valence-electron chi connectivity index (χ4n) is 2.69. The van der Waals surface area contributed by atoms with E-state index >= 15 is 0 Å². The molecule has 0 aliphatic carbocycles. The minimum absolute atomic E-state index is 0.0577. The lowest BCUT2D eigenvalue weighted by atomic mass is 10.1. The lowest BCUT2D eigenvalue weighted by Gasteiger charge is -2.25. The predicted molar refractivity (Wildman–Crippen MR) is 88.4 cm³/mol. The van der Waals surface area contributed by atoms with Gasteiger partial charge in [0.15, 0.2) is 5.16 Å². The summed E-state index contributed by atoms with van der Waals surface area (Å²) in [7, 11) is 0. The van der Waals surface area contributed by atoms with Gasteiger partial charge in [-0.25, -0.2) is 4.98 Å². The maximum atomic E-state index is 10.9. The van der Waals surface area contributed by atoms with Crippen molar-refractivity contribution in [1.82, 2.24) is 9.55 Å². The Bertz CT molecular complexity index is 663. The molecule has 0 amide bonds. The first-order valence-corrected chi connectivity index (χ1v) is 9.20. The fourth-order valence-corrected chi connectivity index (χ4v) is 4.62. The van der Waals surface area contributed by atoms with Crippen LogP contribution in [0.2, 0.25) is 0 Å². The topological polar surface area (TPSA) is 55.1 Å². The molecule has 112 valence electrons. The van der Waals surface area contributed by atoms with Crippen LogP contribution in [0.5, 0.6) is 0 Å². The molecular formula is C15H18N2O2S2. The molecule has 4 nitrogen and oxygen atoms in total. The first kappa shape index (κ1) is 14.8. The van der Waals surface area contributed by atoms with E-state index in [0.717, 1.165) is 28.4 Å². The molecule has 1 atom stereocenters. The van der Waals surface area contributed by atoms with Gasteiger partial charge in [-0.05, 0) is 43.2 Å². The van der Waals surface area contributed by atoms with E-state index in [1.165, 1.54) is 29.5 Å². The van der Waals surface area contributed by atoms with Crippen molar-refractivity contribution < 1.29 is 9.90 Å². The summed E-state index contributed by atoms with van der Waals surface area (Å²) in [5, 5.41) is 9.77. The van der Waals surface area contributed by atoms with Crippen LogP contribution in [0.15, 0.2) is 23.4 Å². The molecule has 1 saturated heterocycles. The summed E-state index contributed by atoms with van der Waals surface area (Å²) in [6.07, 6.45) is 2.36. The number of carboxylic acids is 1. The fraction of sp³-hybridized carbons (Fsp3) is 0.467. The van der Waals surface area contributed by atoms with Gasteiger partial charge in [-0.15, -0.1) is 0 Å². The van der Waals surface area contributed by atoms with Gasteiger partial charge in [0.25, 0.3) is 0 Å². The summed E-state index contributed by atoms with van der Waals surface area (Å²) in [6.45, 7) is 2.08. The molecule has 3 rings (SSSR count). The molecule has 1 aliphatic rings. The second-order valence-corrected chi connectivity index (χ2v) is 7.40. The molecule has 2 heterocycles. The number of aliphatic carboxylic acids is 1. The number of imidazole rings is 1. The summed E-state index contributed by atoms with van der Waals surface area (Å²) in [4.78, 5) is 15.5. The summed E-state index contributed by atoms with van der Waals surface area (Å²) in [5.74, 6) is 1.56. The smallest absolute Gasteiger partial charge is 0.313 e. The van der Waals surface area contributed by atoms with E-state index in [1.807, 2.05) is 17.8 Å². The number of thioether (sulfide) groups is 2. The summed E-state index contributed by atoms with van der Waals surface area (Å²) in [6, 6.07) is 6.67. The molecule has 0 saturated carbocycles. The number of aryl methyl sites for hydroxylation is 1. The first-order chi connectivity index (χ1) is 10.1. The summed E-state index contributed by atoms with van der Waals surface area (Å²) >= 11 is 3.30. The molecule has 1 unspecified atom stereocenters. The number of benzene rings is 1. The SMILES string of the molecule is Cc1ccc2nc(SCC(=O)O)n(C3CCCSC3)c2c1. The van der Waals surface area contributed by atoms with Gasteiger partial charge in [0.2, 0.25) is 0 Å². The van der Waals surface area contributed by atoms with Crippen molar-refractivity contribution in [3.63, 3.8) is 0 Å². The number of hydrogen-bond acceptors (Lipinski definition) is 4. The number of aromatic nitrogens is 2. The van der Waals surface area contributed by atoms with E-state index in [-0.39, 0.29) is 5.75 Å². The summed E-state index contributed by atoms with van der Waals surface area (Å²) in [5.41, 5.74) is 3.31. The second-order valence-electron chi connectivity index (χ2n) is 5.31. The molecule has 0 bridgehead atoms. The average Bonchev–Trinajstić information content (AvgIpc) is 2.83. The number of fused-ring (bicyclic) bond motifs is 1. The Labute approximate surface area is 132 Å². The van der Waals surface area contributed by atoms with Crippen molar-refractivity contribution in [3.8, 4) is 0 Å². The quantitative estimate of drug-likeness (QED) is 0.872. The van der Waals surface area contributed by atoms with Crippen LogP contribution in [-0.4, -0.2) is 37.9 Å². The van der Waals surface area contributed by atoms with Crippen LogP contribution < -0.4 is 0 Å². The Balaban J connectivity index is 2.04. The second kappa shape index (κ2) is 6.32. The number of carboxylic acid groups (broad SMARTS) is 1. The van der Waals surface area contributed by atoms with E-state index in [1.54, 1.807) is 0 Å². The van der Waals surface area contributed by atoms with Crippen molar-refractivity contribution in [2.75, 3.05) is 17.3 Å². The monoisotopic (exact) mass is 322 g/mol. The molecule has 0 spiro atoms. The molecule has 1 N–H and O–H groups in total. The molecule has 1 aromatic heterocycles. The van der Waals surface area contributed by atoms with Gasteiger partial charge in [-0.3, -0.25) is 4.79 Å². The Kier molecular flexibility index (Phi) is 4.45. The van der Waals surface area contributed by atoms with Gasteiger partial charge in [-0.2, -0.15) is 11.8 Å². The Morgan fingerprint density at radius 3 is 3.14 bits per heavy atom. The van der Waals surface area contributed by atoms with Gasteiger partial charge in [0.05, 0.1) is 16.8 Å².